The van der Waals surface area contributed by atoms with Gasteiger partial charge in [0.1, 0.15) is 0 Å². The smallest absolute Gasteiger partial charge is 0.0737 e. The summed E-state index contributed by atoms with van der Waals surface area (Å²) in [5, 5.41) is 0.706. The molecule has 1 aromatic rings. The van der Waals surface area contributed by atoms with Crippen LogP contribution in [0.5, 0.6) is 0 Å². The van der Waals surface area contributed by atoms with Gasteiger partial charge in [0.2, 0.25) is 0 Å². The summed E-state index contributed by atoms with van der Waals surface area (Å²) in [6.07, 6.45) is 22.0. The molecule has 0 amide bonds. The number of rotatable bonds is 1. The molecule has 4 nitrogen and oxygen atoms in total. The number of aliphatic imine (C=N–C) groups is 4. The third kappa shape index (κ3) is 3.58. The molecule has 0 spiro atoms. The van der Waals surface area contributed by atoms with Crippen LogP contribution < -0.4 is 0 Å². The summed E-state index contributed by atoms with van der Waals surface area (Å²) in [6.45, 7) is 0. The maximum atomic E-state index is 6.09. The number of allylic oxidation sites excluding steroid dienone is 12. The molecule has 31 heavy (non-hydrogen) atoms. The largest absolute Gasteiger partial charge is 0.249 e. The van der Waals surface area contributed by atoms with Crippen molar-refractivity contribution in [3.63, 3.8) is 0 Å². The summed E-state index contributed by atoms with van der Waals surface area (Å²) in [5.74, 6) is 0. The zero-order valence-corrected chi connectivity index (χ0v) is 17.1. The van der Waals surface area contributed by atoms with Gasteiger partial charge >= 0.3 is 0 Å². The molecule has 0 fully saturated rings. The van der Waals surface area contributed by atoms with Crippen LogP contribution in [0.3, 0.4) is 0 Å². The Morgan fingerprint density at radius 1 is 0.484 bits per heavy atom. The van der Waals surface area contributed by atoms with Crippen molar-refractivity contribution in [3.8, 4) is 0 Å². The highest BCUT2D eigenvalue weighted by Gasteiger charge is 2.18. The van der Waals surface area contributed by atoms with E-state index in [0.717, 1.165) is 56.8 Å². The van der Waals surface area contributed by atoms with Crippen LogP contribution >= 0.6 is 11.6 Å². The second-order valence-electron chi connectivity index (χ2n) is 7.45. The van der Waals surface area contributed by atoms with Gasteiger partial charge in [-0.2, -0.15) is 0 Å². The van der Waals surface area contributed by atoms with Gasteiger partial charge in [0.25, 0.3) is 0 Å². The SMILES string of the molecule is Clc1ccc(C2=CC3=CC4=NC(=CC5=NC(=CC6=NC(=CC2=N3)C=C6)C=C5)C=C4)cc1. The molecular formula is C26H15ClN4. The Morgan fingerprint density at radius 2 is 1.00 bits per heavy atom. The minimum Gasteiger partial charge on any atom is -0.249 e. The van der Waals surface area contributed by atoms with Gasteiger partial charge in [-0.1, -0.05) is 23.7 Å². The summed E-state index contributed by atoms with van der Waals surface area (Å²) in [6, 6.07) is 7.80. The van der Waals surface area contributed by atoms with Crippen molar-refractivity contribution in [2.75, 3.05) is 0 Å². The monoisotopic (exact) mass is 418 g/mol. The molecule has 5 aliphatic rings. The molecule has 0 N–H and O–H groups in total. The Hall–Kier alpha value is -3.89. The van der Waals surface area contributed by atoms with Gasteiger partial charge in [-0.15, -0.1) is 0 Å². The van der Waals surface area contributed by atoms with Crippen molar-refractivity contribution in [1.82, 2.24) is 0 Å². The third-order valence-corrected chi connectivity index (χ3v) is 5.45. The number of fused-ring (bicyclic) bond motifs is 4. The van der Waals surface area contributed by atoms with Gasteiger partial charge in [-0.05, 0) is 84.5 Å². The van der Waals surface area contributed by atoms with E-state index in [2.05, 4.69) is 11.1 Å². The van der Waals surface area contributed by atoms with Crippen molar-refractivity contribution in [3.05, 3.63) is 124 Å². The first-order chi connectivity index (χ1) is 15.2. The van der Waals surface area contributed by atoms with E-state index >= 15 is 0 Å². The highest BCUT2D eigenvalue weighted by atomic mass is 35.5. The average molecular weight is 419 g/mol. The van der Waals surface area contributed by atoms with E-state index in [1.807, 2.05) is 85.0 Å². The Balaban J connectivity index is 1.50. The fourth-order valence-corrected chi connectivity index (χ4v) is 3.88. The van der Waals surface area contributed by atoms with E-state index in [9.17, 15) is 0 Å². The molecular weight excluding hydrogens is 404 g/mol. The number of hydrogen-bond donors (Lipinski definition) is 0. The molecule has 1 aromatic carbocycles. The van der Waals surface area contributed by atoms with Gasteiger partial charge in [0.05, 0.1) is 45.6 Å². The second kappa shape index (κ2) is 7.11. The van der Waals surface area contributed by atoms with Crippen LogP contribution in [0, 0.1) is 0 Å². The van der Waals surface area contributed by atoms with Gasteiger partial charge in [-0.25, -0.2) is 20.0 Å². The quantitative estimate of drug-likeness (QED) is 0.556. The Kier molecular flexibility index (Phi) is 4.11. The van der Waals surface area contributed by atoms with E-state index < -0.39 is 0 Å². The molecule has 5 aliphatic heterocycles. The summed E-state index contributed by atoms with van der Waals surface area (Å²) in [5.41, 5.74) is 8.98. The lowest BCUT2D eigenvalue weighted by Crippen LogP contribution is -1.96. The molecule has 0 aromatic heterocycles. The van der Waals surface area contributed by atoms with Crippen LogP contribution in [0.4, 0.5) is 0 Å². The zero-order chi connectivity index (χ0) is 20.8. The van der Waals surface area contributed by atoms with E-state index in [1.165, 1.54) is 0 Å². The molecule has 8 bridgehead atoms. The number of nitrogens with zero attached hydrogens (tertiary/aromatic N) is 4. The Labute approximate surface area is 184 Å². The van der Waals surface area contributed by atoms with Crippen molar-refractivity contribution >= 4 is 40.0 Å². The van der Waals surface area contributed by atoms with E-state index in [0.29, 0.717) is 5.02 Å². The maximum Gasteiger partial charge on any atom is 0.0737 e. The predicted molar refractivity (Wildman–Crippen MR) is 129 cm³/mol. The highest BCUT2D eigenvalue weighted by Crippen LogP contribution is 2.29. The summed E-state index contributed by atoms with van der Waals surface area (Å²) < 4.78 is 0. The minimum atomic E-state index is 0.706. The van der Waals surface area contributed by atoms with Crippen molar-refractivity contribution in [2.24, 2.45) is 20.0 Å². The molecule has 0 aliphatic carbocycles. The minimum absolute atomic E-state index is 0.706. The lowest BCUT2D eigenvalue weighted by Gasteiger charge is -2.04. The fourth-order valence-electron chi connectivity index (χ4n) is 3.76. The molecule has 0 unspecified atom stereocenters. The first-order valence-electron chi connectivity index (χ1n) is 9.92. The lowest BCUT2D eigenvalue weighted by atomic mass is 10.0. The summed E-state index contributed by atoms with van der Waals surface area (Å²) in [7, 11) is 0. The van der Waals surface area contributed by atoms with Crippen LogP contribution in [0.1, 0.15) is 5.56 Å². The maximum absolute atomic E-state index is 6.09. The van der Waals surface area contributed by atoms with Crippen molar-refractivity contribution < 1.29 is 0 Å². The highest BCUT2D eigenvalue weighted by molar-refractivity contribution is 6.33. The molecule has 0 saturated heterocycles. The van der Waals surface area contributed by atoms with Gasteiger partial charge in [-0.3, -0.25) is 0 Å². The first-order valence-corrected chi connectivity index (χ1v) is 10.3. The van der Waals surface area contributed by atoms with Crippen LogP contribution in [0.15, 0.2) is 134 Å². The molecule has 0 saturated carbocycles. The van der Waals surface area contributed by atoms with Crippen LogP contribution in [0.25, 0.3) is 5.57 Å². The van der Waals surface area contributed by atoms with Crippen LogP contribution in [-0.4, -0.2) is 22.8 Å². The standard InChI is InChI=1S/C26H15ClN4/c27-17-3-1-16(2-4-17)25-14-24-13-22-8-7-20(29-22)11-18-5-6-19(28-18)12-21-9-10-23(30-21)15-26(25)31-24/h1-15H. The average Bonchev–Trinajstić information content (AvgIpc) is 3.54. The Morgan fingerprint density at radius 3 is 1.58 bits per heavy atom. The number of halogens is 1. The lowest BCUT2D eigenvalue weighted by molar-refractivity contribution is 1.41. The number of benzene rings is 1. The van der Waals surface area contributed by atoms with E-state index in [1.54, 1.807) is 0 Å². The third-order valence-electron chi connectivity index (χ3n) is 5.19. The summed E-state index contributed by atoms with van der Waals surface area (Å²) in [4.78, 5) is 18.9. The van der Waals surface area contributed by atoms with Crippen molar-refractivity contribution in [1.29, 1.82) is 0 Å². The van der Waals surface area contributed by atoms with Gasteiger partial charge < -0.3 is 0 Å². The molecule has 0 atom stereocenters. The topological polar surface area (TPSA) is 49.4 Å². The predicted octanol–water partition coefficient (Wildman–Crippen LogP) is 5.76. The molecule has 146 valence electrons. The number of hydrogen-bond acceptors (Lipinski definition) is 4. The van der Waals surface area contributed by atoms with E-state index in [4.69, 9.17) is 26.6 Å². The van der Waals surface area contributed by atoms with Crippen LogP contribution in [0.2, 0.25) is 5.02 Å². The Bertz CT molecular complexity index is 1400. The van der Waals surface area contributed by atoms with Crippen molar-refractivity contribution in [2.45, 2.75) is 0 Å². The fraction of sp³-hybridized carbons (Fsp3) is 0. The molecule has 0 radical (unpaired) electrons. The van der Waals surface area contributed by atoms with E-state index in [-0.39, 0.29) is 0 Å². The molecule has 6 rings (SSSR count). The normalized spacial score (nSPS) is 20.5. The molecule has 5 heterocycles. The van der Waals surface area contributed by atoms with Gasteiger partial charge in [0.15, 0.2) is 0 Å². The second-order valence-corrected chi connectivity index (χ2v) is 7.89. The van der Waals surface area contributed by atoms with Gasteiger partial charge in [0, 0.05) is 10.6 Å². The summed E-state index contributed by atoms with van der Waals surface area (Å²) >= 11 is 6.09. The first kappa shape index (κ1) is 17.9. The van der Waals surface area contributed by atoms with Crippen LogP contribution in [-0.2, 0) is 0 Å². The molecule has 5 heteroatoms. The zero-order valence-electron chi connectivity index (χ0n) is 16.3.